The van der Waals surface area contributed by atoms with Crippen LogP contribution in [0.1, 0.15) is 34.8 Å². The van der Waals surface area contributed by atoms with Crippen LogP contribution in [0, 0.1) is 5.82 Å². The summed E-state index contributed by atoms with van der Waals surface area (Å²) in [6, 6.07) is 10.7. The maximum absolute atomic E-state index is 13.2. The first-order chi connectivity index (χ1) is 14.0. The minimum Gasteiger partial charge on any atom is -0.489 e. The molecule has 6 nitrogen and oxygen atoms in total. The number of pyridine rings is 2. The molecule has 0 bridgehead atoms. The number of hydrogen-bond donors (Lipinski definition) is 1. The van der Waals surface area contributed by atoms with Crippen molar-refractivity contribution in [1.29, 1.82) is 0 Å². The molecule has 148 valence electrons. The number of hydrogen-bond acceptors (Lipinski definition) is 4. The number of ether oxygens (including phenoxy) is 1. The molecule has 1 aliphatic rings. The largest absolute Gasteiger partial charge is 0.489 e. The molecule has 0 aliphatic heterocycles. The summed E-state index contributed by atoms with van der Waals surface area (Å²) >= 11 is 5.73. The van der Waals surface area contributed by atoms with Crippen molar-refractivity contribution in [2.45, 2.75) is 25.5 Å². The number of benzene rings is 1. The first-order valence-electron chi connectivity index (χ1n) is 9.06. The highest BCUT2D eigenvalue weighted by Gasteiger charge is 2.25. The molecule has 1 aromatic carbocycles. The molecule has 2 aromatic heterocycles. The van der Waals surface area contributed by atoms with Crippen molar-refractivity contribution in [3.63, 3.8) is 0 Å². The third kappa shape index (κ3) is 4.63. The number of nitrogens with zero attached hydrogens (tertiary/aromatic N) is 2. The van der Waals surface area contributed by atoms with E-state index in [1.807, 2.05) is 0 Å². The maximum atomic E-state index is 13.2. The summed E-state index contributed by atoms with van der Waals surface area (Å²) in [5, 5.41) is 2.71. The molecule has 0 unspecified atom stereocenters. The van der Waals surface area contributed by atoms with Crippen LogP contribution in [0.4, 0.5) is 10.2 Å². The van der Waals surface area contributed by atoms with Gasteiger partial charge in [0.05, 0.1) is 10.6 Å². The normalized spacial score (nSPS) is 13.2. The van der Waals surface area contributed by atoms with Gasteiger partial charge in [-0.25, -0.2) is 9.37 Å². The van der Waals surface area contributed by atoms with Gasteiger partial charge in [0.2, 0.25) is 0 Å². The molecule has 1 amide bonds. The number of anilines is 1. The van der Waals surface area contributed by atoms with E-state index in [-0.39, 0.29) is 29.1 Å². The van der Waals surface area contributed by atoms with Crippen LogP contribution in [0.25, 0.3) is 0 Å². The van der Waals surface area contributed by atoms with Gasteiger partial charge in [-0.15, -0.1) is 0 Å². The number of carbonyl (C=O) groups excluding carboxylic acids is 1. The van der Waals surface area contributed by atoms with E-state index in [9.17, 15) is 14.0 Å². The Bertz CT molecular complexity index is 1110. The zero-order chi connectivity index (χ0) is 20.4. The van der Waals surface area contributed by atoms with E-state index in [0.717, 1.165) is 18.4 Å². The molecule has 2 heterocycles. The summed E-state index contributed by atoms with van der Waals surface area (Å²) in [5.41, 5.74) is 1.07. The van der Waals surface area contributed by atoms with Gasteiger partial charge in [-0.2, -0.15) is 0 Å². The maximum Gasteiger partial charge on any atom is 0.258 e. The van der Waals surface area contributed by atoms with Gasteiger partial charge in [0.1, 0.15) is 24.0 Å². The first-order valence-corrected chi connectivity index (χ1v) is 9.44. The fraction of sp³-hybridized carbons (Fsp3) is 0.190. The van der Waals surface area contributed by atoms with Crippen LogP contribution in [-0.2, 0) is 6.61 Å². The van der Waals surface area contributed by atoms with Crippen molar-refractivity contribution in [1.82, 2.24) is 9.55 Å². The van der Waals surface area contributed by atoms with Crippen LogP contribution >= 0.6 is 11.6 Å². The Balaban J connectivity index is 1.37. The predicted molar refractivity (Wildman–Crippen MR) is 107 cm³/mol. The Morgan fingerprint density at radius 3 is 2.76 bits per heavy atom. The Labute approximate surface area is 170 Å². The molecule has 4 rings (SSSR count). The van der Waals surface area contributed by atoms with Crippen LogP contribution < -0.4 is 15.6 Å². The fourth-order valence-electron chi connectivity index (χ4n) is 2.78. The summed E-state index contributed by atoms with van der Waals surface area (Å²) in [4.78, 5) is 28.5. The topological polar surface area (TPSA) is 73.2 Å². The van der Waals surface area contributed by atoms with Gasteiger partial charge >= 0.3 is 0 Å². The van der Waals surface area contributed by atoms with Gasteiger partial charge in [-0.1, -0.05) is 17.7 Å². The van der Waals surface area contributed by atoms with Crippen LogP contribution in [0.3, 0.4) is 0 Å². The highest BCUT2D eigenvalue weighted by molar-refractivity contribution is 6.30. The van der Waals surface area contributed by atoms with Crippen molar-refractivity contribution >= 4 is 23.3 Å². The Kier molecular flexibility index (Phi) is 5.31. The second-order valence-electron chi connectivity index (χ2n) is 6.76. The zero-order valence-electron chi connectivity index (χ0n) is 15.3. The molecule has 1 fully saturated rings. The Morgan fingerprint density at radius 2 is 2.07 bits per heavy atom. The molecular formula is C21H17ClFN3O3. The highest BCUT2D eigenvalue weighted by atomic mass is 35.5. The number of halogens is 2. The summed E-state index contributed by atoms with van der Waals surface area (Å²) in [6.07, 6.45) is 5.08. The van der Waals surface area contributed by atoms with Gasteiger partial charge in [-0.3, -0.25) is 9.59 Å². The molecule has 1 N–H and O–H groups in total. The third-order valence-corrected chi connectivity index (χ3v) is 4.79. The van der Waals surface area contributed by atoms with Crippen molar-refractivity contribution in [2.75, 3.05) is 5.32 Å². The molecule has 8 heteroatoms. The number of carbonyl (C=O) groups is 1. The van der Waals surface area contributed by atoms with E-state index < -0.39 is 5.82 Å². The second kappa shape index (κ2) is 8.05. The lowest BCUT2D eigenvalue weighted by Gasteiger charge is -2.09. The number of nitrogens with one attached hydrogen (secondary N) is 1. The van der Waals surface area contributed by atoms with Crippen molar-refractivity contribution in [3.8, 4) is 5.75 Å². The number of amides is 1. The second-order valence-corrected chi connectivity index (χ2v) is 7.17. The van der Waals surface area contributed by atoms with Gasteiger partial charge in [-0.05, 0) is 37.1 Å². The molecule has 29 heavy (non-hydrogen) atoms. The SMILES string of the molecule is O=C(Nc1ccc(COc2ccc(F)c(Cl)c2)cn1)c1ccc(=O)n(C2CC2)c1. The molecule has 0 atom stereocenters. The lowest BCUT2D eigenvalue weighted by atomic mass is 10.2. The van der Waals surface area contributed by atoms with Gasteiger partial charge in [0, 0.05) is 36.1 Å². The smallest absolute Gasteiger partial charge is 0.258 e. The first kappa shape index (κ1) is 19.1. The van der Waals surface area contributed by atoms with E-state index >= 15 is 0 Å². The van der Waals surface area contributed by atoms with Gasteiger partial charge in [0.15, 0.2) is 0 Å². The number of rotatable bonds is 6. The quantitative estimate of drug-likeness (QED) is 0.657. The zero-order valence-corrected chi connectivity index (χ0v) is 16.0. The molecule has 0 saturated heterocycles. The van der Waals surface area contributed by atoms with Gasteiger partial charge < -0.3 is 14.6 Å². The third-order valence-electron chi connectivity index (χ3n) is 4.50. The minimum atomic E-state index is -0.506. The summed E-state index contributed by atoms with van der Waals surface area (Å²) < 4.78 is 20.3. The molecular weight excluding hydrogens is 397 g/mol. The Hall–Kier alpha value is -3.19. The standard InChI is InChI=1S/C21H17ClFN3O3/c22-17-9-16(5-6-18(17)23)29-12-13-1-7-19(24-10-13)25-21(28)14-2-8-20(27)26(11-14)15-3-4-15/h1-2,5-11,15H,3-4,12H2,(H,24,25,28). The molecule has 1 saturated carbocycles. The van der Waals surface area contributed by atoms with E-state index in [4.69, 9.17) is 16.3 Å². The highest BCUT2D eigenvalue weighted by Crippen LogP contribution is 2.33. The van der Waals surface area contributed by atoms with E-state index in [1.165, 1.54) is 30.3 Å². The van der Waals surface area contributed by atoms with Crippen molar-refractivity contribution in [3.05, 3.63) is 87.2 Å². The number of aromatic nitrogens is 2. The monoisotopic (exact) mass is 413 g/mol. The lowest BCUT2D eigenvalue weighted by Crippen LogP contribution is -2.21. The van der Waals surface area contributed by atoms with Crippen molar-refractivity contribution in [2.24, 2.45) is 0 Å². The summed E-state index contributed by atoms with van der Waals surface area (Å²) in [6.45, 7) is 0.218. The van der Waals surface area contributed by atoms with Crippen LogP contribution in [0.2, 0.25) is 5.02 Å². The fourth-order valence-corrected chi connectivity index (χ4v) is 2.95. The minimum absolute atomic E-state index is 0.00768. The van der Waals surface area contributed by atoms with Crippen molar-refractivity contribution < 1.29 is 13.9 Å². The molecule has 1 aliphatic carbocycles. The molecule has 3 aromatic rings. The van der Waals surface area contributed by atoms with E-state index in [0.29, 0.717) is 17.1 Å². The lowest BCUT2D eigenvalue weighted by molar-refractivity contribution is 0.102. The van der Waals surface area contributed by atoms with E-state index in [1.54, 1.807) is 29.1 Å². The average Bonchev–Trinajstić information content (AvgIpc) is 3.55. The van der Waals surface area contributed by atoms with Crippen LogP contribution in [-0.4, -0.2) is 15.5 Å². The van der Waals surface area contributed by atoms with Crippen LogP contribution in [0.15, 0.2) is 59.7 Å². The molecule has 0 radical (unpaired) electrons. The molecule has 0 spiro atoms. The summed E-state index contributed by atoms with van der Waals surface area (Å²) in [7, 11) is 0. The predicted octanol–water partition coefficient (Wildman–Crippen LogP) is 4.20. The van der Waals surface area contributed by atoms with E-state index in [2.05, 4.69) is 10.3 Å². The van der Waals surface area contributed by atoms with Gasteiger partial charge in [0.25, 0.3) is 11.5 Å². The summed E-state index contributed by atoms with van der Waals surface area (Å²) in [5.74, 6) is -0.0162. The average molecular weight is 414 g/mol. The Morgan fingerprint density at radius 1 is 1.24 bits per heavy atom. The van der Waals surface area contributed by atoms with Crippen LogP contribution in [0.5, 0.6) is 5.75 Å².